The van der Waals surface area contributed by atoms with Crippen LogP contribution in [0.1, 0.15) is 0 Å². The highest BCUT2D eigenvalue weighted by Gasteiger charge is 2.04. The van der Waals surface area contributed by atoms with Crippen molar-refractivity contribution in [1.82, 2.24) is 0 Å². The molecule has 0 atom stereocenters. The van der Waals surface area contributed by atoms with Gasteiger partial charge in [-0.3, -0.25) is 0 Å². The van der Waals surface area contributed by atoms with Gasteiger partial charge in [0, 0.05) is 10.1 Å². The molecule has 0 aliphatic carbocycles. The van der Waals surface area contributed by atoms with Crippen molar-refractivity contribution in [2.75, 3.05) is 0 Å². The molecule has 1 aromatic heterocycles. The molecule has 0 amide bonds. The van der Waals surface area contributed by atoms with E-state index in [0.717, 1.165) is 10.1 Å². The van der Waals surface area contributed by atoms with Crippen LogP contribution < -0.4 is 0 Å². The van der Waals surface area contributed by atoms with E-state index >= 15 is 0 Å². The molecular weight excluding hydrogens is 196 g/mol. The largest absolute Gasteiger partial charge is 0.506 e. The van der Waals surface area contributed by atoms with Gasteiger partial charge in [0.2, 0.25) is 0 Å². The Morgan fingerprint density at radius 3 is 2.67 bits per heavy atom. The Bertz CT molecular complexity index is 397. The van der Waals surface area contributed by atoms with Crippen molar-refractivity contribution in [2.24, 2.45) is 0 Å². The van der Waals surface area contributed by atoms with Gasteiger partial charge in [-0.1, -0.05) is 22.9 Å². The minimum absolute atomic E-state index is 0.0435. The van der Waals surface area contributed by atoms with Crippen LogP contribution in [0.5, 0.6) is 10.8 Å². The summed E-state index contributed by atoms with van der Waals surface area (Å²) >= 11 is 6.91. The summed E-state index contributed by atoms with van der Waals surface area (Å²) in [7, 11) is 0. The average Bonchev–Trinajstić information content (AvgIpc) is 2.30. The summed E-state index contributed by atoms with van der Waals surface area (Å²) in [5, 5.41) is 19.7. The Balaban J connectivity index is 2.83. The number of benzene rings is 1. The first-order chi connectivity index (χ1) is 5.66. The molecule has 2 nitrogen and oxygen atoms in total. The van der Waals surface area contributed by atoms with Crippen LogP contribution in [0.25, 0.3) is 10.1 Å². The molecule has 4 heteroatoms. The van der Waals surface area contributed by atoms with Crippen molar-refractivity contribution in [2.45, 2.75) is 0 Å². The fraction of sp³-hybridized carbons (Fsp3) is 0. The smallest absolute Gasteiger partial charge is 0.172 e. The van der Waals surface area contributed by atoms with Crippen molar-refractivity contribution in [3.63, 3.8) is 0 Å². The lowest BCUT2D eigenvalue weighted by Gasteiger charge is -1.94. The molecule has 2 N–H and O–H groups in total. The van der Waals surface area contributed by atoms with Crippen molar-refractivity contribution in [1.29, 1.82) is 0 Å². The van der Waals surface area contributed by atoms with Gasteiger partial charge in [0.1, 0.15) is 5.75 Å². The van der Waals surface area contributed by atoms with Crippen LogP contribution in [-0.2, 0) is 0 Å². The summed E-state index contributed by atoms with van der Waals surface area (Å²) in [4.78, 5) is 0. The van der Waals surface area contributed by atoms with Gasteiger partial charge in [-0.2, -0.15) is 0 Å². The third-order valence-electron chi connectivity index (χ3n) is 1.57. The predicted molar refractivity (Wildman–Crippen MR) is 50.2 cm³/mol. The summed E-state index contributed by atoms with van der Waals surface area (Å²) in [6.45, 7) is 0. The lowest BCUT2D eigenvalue weighted by molar-refractivity contribution is 0.476. The number of aromatic hydroxyl groups is 2. The molecule has 0 aliphatic rings. The van der Waals surface area contributed by atoms with Gasteiger partial charge in [-0.25, -0.2) is 0 Å². The number of thiophene rings is 1. The molecule has 62 valence electrons. The maximum Gasteiger partial charge on any atom is 0.172 e. The molecule has 2 rings (SSSR count). The van der Waals surface area contributed by atoms with Crippen LogP contribution in [0.15, 0.2) is 18.2 Å². The third kappa shape index (κ3) is 1.11. The van der Waals surface area contributed by atoms with Gasteiger partial charge in [0.25, 0.3) is 0 Å². The van der Waals surface area contributed by atoms with Gasteiger partial charge in [0.05, 0.1) is 5.02 Å². The number of phenolic OH excluding ortho intramolecular Hbond substituents is 1. The molecule has 1 aromatic carbocycles. The Morgan fingerprint density at radius 2 is 1.92 bits per heavy atom. The van der Waals surface area contributed by atoms with E-state index in [1.165, 1.54) is 17.4 Å². The second-order valence-corrected chi connectivity index (χ2v) is 3.90. The molecule has 0 spiro atoms. The highest BCUT2D eigenvalue weighted by Crippen LogP contribution is 2.36. The molecule has 12 heavy (non-hydrogen) atoms. The Kier molecular flexibility index (Phi) is 1.63. The van der Waals surface area contributed by atoms with Crippen LogP contribution in [0.2, 0.25) is 5.02 Å². The standard InChI is InChI=1S/C8H5ClO2S/c9-5-3-7-4(1-6(5)10)2-8(11)12-7/h1-3,10-11H. The fourth-order valence-corrected chi connectivity index (χ4v) is 2.09. The number of hydrogen-bond acceptors (Lipinski definition) is 3. The predicted octanol–water partition coefficient (Wildman–Crippen LogP) is 2.97. The fourth-order valence-electron chi connectivity index (χ4n) is 1.04. The summed E-state index contributed by atoms with van der Waals surface area (Å²) < 4.78 is 0.871. The van der Waals surface area contributed by atoms with Gasteiger partial charge >= 0.3 is 0 Å². The Labute approximate surface area is 77.6 Å². The molecule has 2 aromatic rings. The second-order valence-electron chi connectivity index (χ2n) is 2.43. The van der Waals surface area contributed by atoms with Crippen molar-refractivity contribution in [3.05, 3.63) is 23.2 Å². The monoisotopic (exact) mass is 200 g/mol. The highest BCUT2D eigenvalue weighted by molar-refractivity contribution is 7.20. The van der Waals surface area contributed by atoms with Gasteiger partial charge in [-0.15, -0.1) is 0 Å². The van der Waals surface area contributed by atoms with Crippen LogP contribution in [0, 0.1) is 0 Å². The van der Waals surface area contributed by atoms with E-state index in [1.807, 2.05) is 0 Å². The van der Waals surface area contributed by atoms with E-state index in [2.05, 4.69) is 0 Å². The first-order valence-electron chi connectivity index (χ1n) is 3.28. The van der Waals surface area contributed by atoms with Gasteiger partial charge < -0.3 is 10.2 Å². The second kappa shape index (κ2) is 2.54. The zero-order valence-corrected chi connectivity index (χ0v) is 7.49. The molecule has 0 saturated carbocycles. The topological polar surface area (TPSA) is 40.5 Å². The van der Waals surface area contributed by atoms with E-state index in [1.54, 1.807) is 12.1 Å². The SMILES string of the molecule is Oc1cc2cc(O)c(Cl)cc2s1. The van der Waals surface area contributed by atoms with Crippen molar-refractivity contribution in [3.8, 4) is 10.8 Å². The number of rotatable bonds is 0. The summed E-state index contributed by atoms with van der Waals surface area (Å²) in [5.41, 5.74) is 0. The summed E-state index contributed by atoms with van der Waals surface area (Å²) in [6, 6.07) is 4.76. The normalized spacial score (nSPS) is 10.8. The molecule has 0 bridgehead atoms. The molecule has 0 saturated heterocycles. The number of phenols is 1. The first-order valence-corrected chi connectivity index (χ1v) is 4.47. The van der Waals surface area contributed by atoms with Crippen LogP contribution in [-0.4, -0.2) is 10.2 Å². The molecular formula is C8H5ClO2S. The summed E-state index contributed by atoms with van der Waals surface area (Å²) in [5.74, 6) is 0.0435. The van der Waals surface area contributed by atoms with E-state index in [0.29, 0.717) is 5.02 Å². The summed E-state index contributed by atoms with van der Waals surface area (Å²) in [6.07, 6.45) is 0. The number of fused-ring (bicyclic) bond motifs is 1. The van der Waals surface area contributed by atoms with Crippen molar-refractivity contribution < 1.29 is 10.2 Å². The zero-order chi connectivity index (χ0) is 8.72. The van der Waals surface area contributed by atoms with E-state index < -0.39 is 0 Å². The number of hydrogen-bond donors (Lipinski definition) is 2. The average molecular weight is 201 g/mol. The van der Waals surface area contributed by atoms with E-state index in [-0.39, 0.29) is 10.8 Å². The van der Waals surface area contributed by atoms with Crippen LogP contribution in [0.3, 0.4) is 0 Å². The maximum absolute atomic E-state index is 9.22. The molecule has 0 fully saturated rings. The van der Waals surface area contributed by atoms with Crippen LogP contribution >= 0.6 is 22.9 Å². The molecule has 0 radical (unpaired) electrons. The molecule has 1 heterocycles. The molecule has 0 unspecified atom stereocenters. The van der Waals surface area contributed by atoms with Gasteiger partial charge in [0.15, 0.2) is 5.06 Å². The van der Waals surface area contributed by atoms with Crippen molar-refractivity contribution >= 4 is 33.0 Å². The minimum atomic E-state index is 0.0435. The first kappa shape index (κ1) is 7.71. The molecule has 0 aliphatic heterocycles. The highest BCUT2D eigenvalue weighted by atomic mass is 35.5. The van der Waals surface area contributed by atoms with E-state index in [9.17, 15) is 5.11 Å². The Hall–Kier alpha value is -0.930. The maximum atomic E-state index is 9.22. The Morgan fingerprint density at radius 1 is 1.17 bits per heavy atom. The van der Waals surface area contributed by atoms with Crippen LogP contribution in [0.4, 0.5) is 0 Å². The number of halogens is 1. The lowest BCUT2D eigenvalue weighted by Crippen LogP contribution is -1.66. The quantitative estimate of drug-likeness (QED) is 0.687. The van der Waals surface area contributed by atoms with Gasteiger partial charge in [-0.05, 0) is 18.2 Å². The third-order valence-corrected chi connectivity index (χ3v) is 2.78. The zero-order valence-electron chi connectivity index (χ0n) is 5.91. The minimum Gasteiger partial charge on any atom is -0.506 e. The van der Waals surface area contributed by atoms with E-state index in [4.69, 9.17) is 16.7 Å². The lowest BCUT2D eigenvalue weighted by atomic mass is 10.2.